The van der Waals surface area contributed by atoms with Crippen LogP contribution >= 0.6 is 0 Å². The molecule has 2 heteroatoms. The molecule has 0 unspecified atom stereocenters. The zero-order valence-corrected chi connectivity index (χ0v) is 8.45. The Balaban J connectivity index is 2.95. The van der Waals surface area contributed by atoms with E-state index in [4.69, 9.17) is 5.26 Å². The molecule has 72 valence electrons. The molecule has 0 atom stereocenters. The summed E-state index contributed by atoms with van der Waals surface area (Å²) in [5.74, 6) is 0.136. The maximum Gasteiger partial charge on any atom is 0.165 e. The van der Waals surface area contributed by atoms with Gasteiger partial charge in [-0.1, -0.05) is 32.0 Å². The molecule has 0 N–H and O–H groups in total. The molecule has 14 heavy (non-hydrogen) atoms. The molecule has 0 spiro atoms. The topological polar surface area (TPSA) is 40.9 Å². The predicted molar refractivity (Wildman–Crippen MR) is 54.9 cm³/mol. The first-order valence-corrected chi connectivity index (χ1v) is 4.65. The van der Waals surface area contributed by atoms with E-state index in [1.165, 1.54) is 0 Å². The van der Waals surface area contributed by atoms with E-state index in [9.17, 15) is 4.79 Å². The lowest BCUT2D eigenvalue weighted by atomic mass is 9.99. The van der Waals surface area contributed by atoms with Crippen LogP contribution in [0, 0.1) is 17.2 Å². The van der Waals surface area contributed by atoms with Crippen LogP contribution in [0.15, 0.2) is 24.3 Å². The van der Waals surface area contributed by atoms with Crippen LogP contribution in [0.4, 0.5) is 0 Å². The summed E-state index contributed by atoms with van der Waals surface area (Å²) in [5, 5.41) is 8.52. The number of hydrogen-bond donors (Lipinski definition) is 0. The summed E-state index contributed by atoms with van der Waals surface area (Å²) in [6, 6.07) is 9.34. The highest BCUT2D eigenvalue weighted by Crippen LogP contribution is 2.11. The zero-order valence-electron chi connectivity index (χ0n) is 8.45. The van der Waals surface area contributed by atoms with E-state index in [1.54, 1.807) is 12.1 Å². The van der Waals surface area contributed by atoms with Gasteiger partial charge in [-0.15, -0.1) is 0 Å². The normalized spacial score (nSPS) is 9.86. The Morgan fingerprint density at radius 3 is 2.79 bits per heavy atom. The fraction of sp³-hybridized carbons (Fsp3) is 0.333. The minimum atomic E-state index is 0.00679. The molecule has 0 radical (unpaired) electrons. The number of rotatable bonds is 3. The van der Waals surface area contributed by atoms with Gasteiger partial charge in [-0.25, -0.2) is 0 Å². The molecule has 0 saturated carbocycles. The minimum Gasteiger partial charge on any atom is -0.294 e. The van der Waals surface area contributed by atoms with E-state index in [0.29, 0.717) is 12.0 Å². The second-order valence-corrected chi connectivity index (χ2v) is 3.55. The number of hydrogen-bond acceptors (Lipinski definition) is 2. The van der Waals surface area contributed by atoms with Crippen molar-refractivity contribution in [3.05, 3.63) is 35.4 Å². The quantitative estimate of drug-likeness (QED) is 0.682. The first-order chi connectivity index (χ1) is 6.65. The van der Waals surface area contributed by atoms with Crippen LogP contribution in [0.1, 0.15) is 29.8 Å². The molecular weight excluding hydrogens is 174 g/mol. The van der Waals surface area contributed by atoms with Crippen LogP contribution in [0.25, 0.3) is 0 Å². The first-order valence-electron chi connectivity index (χ1n) is 4.65. The highest BCUT2D eigenvalue weighted by atomic mass is 16.1. The molecule has 1 aromatic rings. The number of benzene rings is 1. The van der Waals surface area contributed by atoms with Crippen LogP contribution < -0.4 is 0 Å². The molecule has 2 nitrogen and oxygen atoms in total. The van der Waals surface area contributed by atoms with Crippen molar-refractivity contribution in [2.45, 2.75) is 20.3 Å². The molecule has 0 aliphatic carbocycles. The second kappa shape index (κ2) is 4.57. The smallest absolute Gasteiger partial charge is 0.165 e. The van der Waals surface area contributed by atoms with Gasteiger partial charge in [-0.3, -0.25) is 4.79 Å². The third kappa shape index (κ3) is 2.43. The number of Topliss-reactive ketones (excluding diaryl/α,β-unsaturated/α-hetero) is 1. The molecular formula is C12H13NO. The maximum atomic E-state index is 11.6. The summed E-state index contributed by atoms with van der Waals surface area (Å²) in [4.78, 5) is 11.6. The SMILES string of the molecule is CC(C)C(=O)c1cccc(CC#N)c1. The van der Waals surface area contributed by atoms with Gasteiger partial charge in [0, 0.05) is 11.5 Å². The number of nitrogens with zero attached hydrogens (tertiary/aromatic N) is 1. The van der Waals surface area contributed by atoms with Crippen molar-refractivity contribution in [3.8, 4) is 6.07 Å². The van der Waals surface area contributed by atoms with Gasteiger partial charge in [-0.2, -0.15) is 5.26 Å². The first kappa shape index (κ1) is 10.5. The van der Waals surface area contributed by atoms with E-state index in [1.807, 2.05) is 26.0 Å². The van der Waals surface area contributed by atoms with Crippen molar-refractivity contribution in [2.24, 2.45) is 5.92 Å². The Morgan fingerprint density at radius 2 is 2.21 bits per heavy atom. The van der Waals surface area contributed by atoms with Gasteiger partial charge in [0.05, 0.1) is 12.5 Å². The summed E-state index contributed by atoms with van der Waals surface area (Å²) in [7, 11) is 0. The highest BCUT2D eigenvalue weighted by molar-refractivity contribution is 5.97. The van der Waals surface area contributed by atoms with Gasteiger partial charge < -0.3 is 0 Å². The van der Waals surface area contributed by atoms with E-state index in [0.717, 1.165) is 5.56 Å². The molecule has 0 heterocycles. The van der Waals surface area contributed by atoms with E-state index in [-0.39, 0.29) is 11.7 Å². The van der Waals surface area contributed by atoms with Gasteiger partial charge in [0.2, 0.25) is 0 Å². The summed E-state index contributed by atoms with van der Waals surface area (Å²) >= 11 is 0. The highest BCUT2D eigenvalue weighted by Gasteiger charge is 2.09. The lowest BCUT2D eigenvalue weighted by Gasteiger charge is -2.04. The van der Waals surface area contributed by atoms with Crippen molar-refractivity contribution in [2.75, 3.05) is 0 Å². The Hall–Kier alpha value is -1.62. The third-order valence-corrected chi connectivity index (χ3v) is 2.02. The largest absolute Gasteiger partial charge is 0.294 e. The molecule has 0 amide bonds. The monoisotopic (exact) mass is 187 g/mol. The predicted octanol–water partition coefficient (Wildman–Crippen LogP) is 2.59. The third-order valence-electron chi connectivity index (χ3n) is 2.02. The van der Waals surface area contributed by atoms with Gasteiger partial charge >= 0.3 is 0 Å². The Kier molecular flexibility index (Phi) is 3.41. The maximum absolute atomic E-state index is 11.6. The van der Waals surface area contributed by atoms with Crippen molar-refractivity contribution in [3.63, 3.8) is 0 Å². The zero-order chi connectivity index (χ0) is 10.6. The number of carbonyl (C=O) groups excluding carboxylic acids is 1. The summed E-state index contributed by atoms with van der Waals surface area (Å²) in [6.45, 7) is 3.75. The summed E-state index contributed by atoms with van der Waals surface area (Å²) in [6.07, 6.45) is 0.360. The van der Waals surface area contributed by atoms with E-state index in [2.05, 4.69) is 6.07 Å². The Labute approximate surface area is 84.2 Å². The number of carbonyl (C=O) groups is 1. The molecule has 0 aromatic heterocycles. The fourth-order valence-electron chi connectivity index (χ4n) is 1.26. The summed E-state index contributed by atoms with van der Waals surface area (Å²) in [5.41, 5.74) is 1.60. The summed E-state index contributed by atoms with van der Waals surface area (Å²) < 4.78 is 0. The van der Waals surface area contributed by atoms with E-state index < -0.39 is 0 Å². The lowest BCUT2D eigenvalue weighted by Crippen LogP contribution is -2.07. The van der Waals surface area contributed by atoms with Crippen molar-refractivity contribution in [1.82, 2.24) is 0 Å². The standard InChI is InChI=1S/C12H13NO/c1-9(2)12(14)11-5-3-4-10(8-11)6-7-13/h3-5,8-9H,6H2,1-2H3. The average Bonchev–Trinajstić information content (AvgIpc) is 2.17. The van der Waals surface area contributed by atoms with E-state index >= 15 is 0 Å². The van der Waals surface area contributed by atoms with Gasteiger partial charge in [-0.05, 0) is 11.6 Å². The van der Waals surface area contributed by atoms with Crippen molar-refractivity contribution < 1.29 is 4.79 Å². The number of nitriles is 1. The van der Waals surface area contributed by atoms with Crippen LogP contribution in [-0.2, 0) is 6.42 Å². The molecule has 0 fully saturated rings. The average molecular weight is 187 g/mol. The second-order valence-electron chi connectivity index (χ2n) is 3.55. The Morgan fingerprint density at radius 1 is 1.50 bits per heavy atom. The van der Waals surface area contributed by atoms with Crippen LogP contribution in [0.2, 0.25) is 0 Å². The molecule has 1 rings (SSSR count). The minimum absolute atomic E-state index is 0.00679. The molecule has 0 saturated heterocycles. The molecule has 0 aliphatic heterocycles. The lowest BCUT2D eigenvalue weighted by molar-refractivity contribution is 0.0939. The van der Waals surface area contributed by atoms with Crippen LogP contribution in [0.5, 0.6) is 0 Å². The van der Waals surface area contributed by atoms with Crippen LogP contribution in [0.3, 0.4) is 0 Å². The Bertz CT molecular complexity index is 374. The molecule has 0 aliphatic rings. The van der Waals surface area contributed by atoms with Gasteiger partial charge in [0.1, 0.15) is 0 Å². The fourth-order valence-corrected chi connectivity index (χ4v) is 1.26. The van der Waals surface area contributed by atoms with Crippen molar-refractivity contribution in [1.29, 1.82) is 5.26 Å². The molecule has 1 aromatic carbocycles. The van der Waals surface area contributed by atoms with Crippen molar-refractivity contribution >= 4 is 5.78 Å². The molecule has 0 bridgehead atoms. The van der Waals surface area contributed by atoms with Gasteiger partial charge in [0.25, 0.3) is 0 Å². The van der Waals surface area contributed by atoms with Crippen LogP contribution in [-0.4, -0.2) is 5.78 Å². The number of ketones is 1. The van der Waals surface area contributed by atoms with Gasteiger partial charge in [0.15, 0.2) is 5.78 Å².